The van der Waals surface area contributed by atoms with Crippen molar-refractivity contribution < 1.29 is 4.79 Å². The number of aromatic nitrogens is 2. The average molecular weight is 310 g/mol. The fourth-order valence-corrected chi connectivity index (χ4v) is 3.77. The first-order chi connectivity index (χ1) is 11.3. The maximum absolute atomic E-state index is 12.5. The smallest absolute Gasteiger partial charge is 0.325 e. The lowest BCUT2D eigenvalue weighted by molar-refractivity contribution is 0.217. The minimum atomic E-state index is -0.0346. The van der Waals surface area contributed by atoms with Crippen LogP contribution < -0.4 is 5.32 Å². The zero-order valence-electron chi connectivity index (χ0n) is 13.2. The van der Waals surface area contributed by atoms with Gasteiger partial charge in [0.25, 0.3) is 0 Å². The van der Waals surface area contributed by atoms with E-state index in [2.05, 4.69) is 15.2 Å². The van der Waals surface area contributed by atoms with Gasteiger partial charge in [-0.1, -0.05) is 6.07 Å². The molecule has 0 saturated carbocycles. The van der Waals surface area contributed by atoms with Crippen LogP contribution in [0, 0.1) is 5.92 Å². The van der Waals surface area contributed by atoms with E-state index in [0.29, 0.717) is 0 Å². The Morgan fingerprint density at radius 1 is 1.22 bits per heavy atom. The lowest BCUT2D eigenvalue weighted by Gasteiger charge is -2.26. The van der Waals surface area contributed by atoms with Crippen LogP contribution in [0.1, 0.15) is 19.3 Å². The molecular formula is C18H22N4O. The van der Waals surface area contributed by atoms with Crippen molar-refractivity contribution in [3.63, 3.8) is 0 Å². The van der Waals surface area contributed by atoms with Crippen LogP contribution in [0.15, 0.2) is 43.0 Å². The number of hydrogen-bond donors (Lipinski definition) is 1. The number of nitrogens with zero attached hydrogens (tertiary/aromatic N) is 3. The number of rotatable bonds is 2. The van der Waals surface area contributed by atoms with Crippen molar-refractivity contribution >= 4 is 6.03 Å². The standard InChI is InChI=1S/C18H22N4O/c23-18(20-17-10-14-3-7-21(13-17)8-4-14)22-9-5-16(12-22)15-2-1-6-19-11-15/h1-2,5-6,9,11-12,14,17H,3-4,7-8,10,13H2,(H,20,23). The summed E-state index contributed by atoms with van der Waals surface area (Å²) in [6.07, 6.45) is 10.9. The Balaban J connectivity index is 1.44. The summed E-state index contributed by atoms with van der Waals surface area (Å²) in [6.45, 7) is 3.36. The highest BCUT2D eigenvalue weighted by atomic mass is 16.2. The quantitative estimate of drug-likeness (QED) is 0.927. The fraction of sp³-hybridized carbons (Fsp3) is 0.444. The van der Waals surface area contributed by atoms with E-state index in [1.165, 1.54) is 25.9 Å². The zero-order valence-corrected chi connectivity index (χ0v) is 13.2. The van der Waals surface area contributed by atoms with E-state index >= 15 is 0 Å². The van der Waals surface area contributed by atoms with Crippen LogP contribution in [0.3, 0.4) is 0 Å². The van der Waals surface area contributed by atoms with E-state index in [1.807, 2.05) is 36.8 Å². The van der Waals surface area contributed by atoms with Gasteiger partial charge in [-0.05, 0) is 50.4 Å². The molecule has 3 aliphatic rings. The molecule has 1 atom stereocenters. The molecule has 2 bridgehead atoms. The molecule has 23 heavy (non-hydrogen) atoms. The van der Waals surface area contributed by atoms with Crippen LogP contribution in [0.2, 0.25) is 0 Å². The molecule has 2 aromatic heterocycles. The Labute approximate surface area is 136 Å². The molecule has 5 rings (SSSR count). The normalized spacial score (nSPS) is 26.7. The van der Waals surface area contributed by atoms with Gasteiger partial charge in [0.1, 0.15) is 0 Å². The summed E-state index contributed by atoms with van der Waals surface area (Å²) in [5.74, 6) is 0.773. The van der Waals surface area contributed by atoms with Crippen LogP contribution in [0.5, 0.6) is 0 Å². The highest BCUT2D eigenvalue weighted by Crippen LogP contribution is 2.26. The molecule has 5 nitrogen and oxygen atoms in total. The molecule has 3 fully saturated rings. The summed E-state index contributed by atoms with van der Waals surface area (Å²) < 4.78 is 1.64. The molecule has 0 spiro atoms. The molecule has 5 heteroatoms. The number of pyridine rings is 1. The number of hydrogen-bond acceptors (Lipinski definition) is 3. The molecule has 0 radical (unpaired) electrons. The number of nitrogens with one attached hydrogen (secondary N) is 1. The maximum Gasteiger partial charge on any atom is 0.325 e. The van der Waals surface area contributed by atoms with Crippen molar-refractivity contribution in [3.8, 4) is 11.1 Å². The number of amides is 1. The van der Waals surface area contributed by atoms with Crippen molar-refractivity contribution in [2.45, 2.75) is 25.3 Å². The summed E-state index contributed by atoms with van der Waals surface area (Å²) in [6, 6.07) is 6.09. The predicted octanol–water partition coefficient (Wildman–Crippen LogP) is 2.59. The van der Waals surface area contributed by atoms with E-state index in [0.717, 1.165) is 30.0 Å². The number of carbonyl (C=O) groups excluding carboxylic acids is 1. The van der Waals surface area contributed by atoms with Gasteiger partial charge in [-0.25, -0.2) is 4.79 Å². The Hall–Kier alpha value is -2.14. The zero-order chi connectivity index (χ0) is 15.6. The van der Waals surface area contributed by atoms with Crippen molar-refractivity contribution in [2.24, 2.45) is 5.92 Å². The first-order valence-corrected chi connectivity index (χ1v) is 8.39. The van der Waals surface area contributed by atoms with Crippen molar-refractivity contribution in [1.82, 2.24) is 19.8 Å². The van der Waals surface area contributed by atoms with Gasteiger partial charge in [0.15, 0.2) is 0 Å². The molecule has 1 amide bonds. The molecular weight excluding hydrogens is 288 g/mol. The topological polar surface area (TPSA) is 50.2 Å². The van der Waals surface area contributed by atoms with Crippen molar-refractivity contribution in [3.05, 3.63) is 43.0 Å². The first-order valence-electron chi connectivity index (χ1n) is 8.39. The summed E-state index contributed by atoms with van der Waals surface area (Å²) in [5, 5.41) is 3.21. The van der Waals surface area contributed by atoms with Gasteiger partial charge in [-0.15, -0.1) is 0 Å². The minimum Gasteiger partial charge on any atom is -0.333 e. The second-order valence-corrected chi connectivity index (χ2v) is 6.68. The summed E-state index contributed by atoms with van der Waals surface area (Å²) in [4.78, 5) is 19.1. The monoisotopic (exact) mass is 310 g/mol. The summed E-state index contributed by atoms with van der Waals surface area (Å²) in [5.41, 5.74) is 2.04. The highest BCUT2D eigenvalue weighted by Gasteiger charge is 2.29. The Bertz CT molecular complexity index is 659. The lowest BCUT2D eigenvalue weighted by Crippen LogP contribution is -2.43. The number of fused-ring (bicyclic) bond motifs is 4. The Morgan fingerprint density at radius 3 is 2.87 bits per heavy atom. The van der Waals surface area contributed by atoms with E-state index < -0.39 is 0 Å². The first kappa shape index (κ1) is 14.5. The molecule has 0 aliphatic carbocycles. The number of piperidine rings is 1. The maximum atomic E-state index is 12.5. The van der Waals surface area contributed by atoms with E-state index in [1.54, 1.807) is 10.8 Å². The van der Waals surface area contributed by atoms with Gasteiger partial charge in [-0.2, -0.15) is 0 Å². The molecule has 5 heterocycles. The minimum absolute atomic E-state index is 0.0346. The molecule has 3 aliphatic heterocycles. The van der Waals surface area contributed by atoms with Crippen LogP contribution in [0.25, 0.3) is 11.1 Å². The molecule has 120 valence electrons. The third-order valence-corrected chi connectivity index (χ3v) is 5.05. The second kappa shape index (κ2) is 6.16. The van der Waals surface area contributed by atoms with Gasteiger partial charge in [0.05, 0.1) is 0 Å². The predicted molar refractivity (Wildman–Crippen MR) is 89.2 cm³/mol. The van der Waals surface area contributed by atoms with Gasteiger partial charge >= 0.3 is 6.03 Å². The van der Waals surface area contributed by atoms with E-state index in [-0.39, 0.29) is 12.1 Å². The largest absolute Gasteiger partial charge is 0.333 e. The summed E-state index contributed by atoms with van der Waals surface area (Å²) in [7, 11) is 0. The van der Waals surface area contributed by atoms with E-state index in [9.17, 15) is 4.79 Å². The molecule has 1 unspecified atom stereocenters. The van der Waals surface area contributed by atoms with Crippen LogP contribution in [0.4, 0.5) is 4.79 Å². The molecule has 0 aromatic carbocycles. The lowest BCUT2D eigenvalue weighted by atomic mass is 9.94. The van der Waals surface area contributed by atoms with Crippen LogP contribution >= 0.6 is 0 Å². The third-order valence-electron chi connectivity index (χ3n) is 5.05. The van der Waals surface area contributed by atoms with Gasteiger partial charge < -0.3 is 10.2 Å². The molecule has 1 N–H and O–H groups in total. The van der Waals surface area contributed by atoms with Gasteiger partial charge in [-0.3, -0.25) is 9.55 Å². The van der Waals surface area contributed by atoms with Crippen LogP contribution in [-0.4, -0.2) is 46.2 Å². The Morgan fingerprint density at radius 2 is 2.09 bits per heavy atom. The van der Waals surface area contributed by atoms with Gasteiger partial charge in [0, 0.05) is 48.5 Å². The third kappa shape index (κ3) is 3.15. The molecule has 2 aromatic rings. The van der Waals surface area contributed by atoms with E-state index in [4.69, 9.17) is 0 Å². The average Bonchev–Trinajstić information content (AvgIpc) is 2.91. The second-order valence-electron chi connectivity index (χ2n) is 6.68. The van der Waals surface area contributed by atoms with Crippen molar-refractivity contribution in [2.75, 3.05) is 19.6 Å². The van der Waals surface area contributed by atoms with Crippen molar-refractivity contribution in [1.29, 1.82) is 0 Å². The summed E-state index contributed by atoms with van der Waals surface area (Å²) >= 11 is 0. The fourth-order valence-electron chi connectivity index (χ4n) is 3.77. The SMILES string of the molecule is O=C(NC1CC2CCN(CC2)C1)n1ccc(-c2cccnc2)c1. The number of carbonyl (C=O) groups is 1. The molecule has 3 saturated heterocycles. The van der Waals surface area contributed by atoms with Gasteiger partial charge in [0.2, 0.25) is 0 Å². The Kier molecular flexibility index (Phi) is 3.87. The van der Waals surface area contributed by atoms with Crippen LogP contribution in [-0.2, 0) is 0 Å². The highest BCUT2D eigenvalue weighted by molar-refractivity contribution is 5.79.